The maximum absolute atomic E-state index is 6.08. The van der Waals surface area contributed by atoms with Gasteiger partial charge in [0.15, 0.2) is 11.5 Å². The van der Waals surface area contributed by atoms with E-state index in [0.29, 0.717) is 24.7 Å². The van der Waals surface area contributed by atoms with E-state index in [-0.39, 0.29) is 0 Å². The van der Waals surface area contributed by atoms with Gasteiger partial charge in [-0.1, -0.05) is 42.5 Å². The van der Waals surface area contributed by atoms with Crippen LogP contribution >= 0.6 is 15.9 Å². The van der Waals surface area contributed by atoms with Crippen LogP contribution in [0.1, 0.15) is 22.3 Å². The lowest BCUT2D eigenvalue weighted by Gasteiger charge is -2.16. The third-order valence-electron chi connectivity index (χ3n) is 4.76. The Morgan fingerprint density at radius 2 is 1.52 bits per heavy atom. The first-order valence-corrected chi connectivity index (χ1v) is 10.3. The van der Waals surface area contributed by atoms with Crippen LogP contribution < -0.4 is 19.5 Å². The van der Waals surface area contributed by atoms with Crippen LogP contribution in [-0.2, 0) is 19.7 Å². The van der Waals surface area contributed by atoms with Crippen LogP contribution in [0.4, 0.5) is 0 Å². The number of hydrogen-bond acceptors (Lipinski definition) is 4. The second-order valence-corrected chi connectivity index (χ2v) is 7.59. The summed E-state index contributed by atoms with van der Waals surface area (Å²) in [6, 6.07) is 20.3. The van der Waals surface area contributed by atoms with Crippen LogP contribution in [0.3, 0.4) is 0 Å². The Balaban J connectivity index is 1.67. The zero-order chi connectivity index (χ0) is 20.6. The van der Waals surface area contributed by atoms with Crippen LogP contribution in [0.2, 0.25) is 0 Å². The smallest absolute Gasteiger partial charge is 0.175 e. The summed E-state index contributed by atoms with van der Waals surface area (Å²) in [5.41, 5.74) is 4.59. The molecule has 0 aliphatic carbocycles. The molecule has 0 unspecified atom stereocenters. The lowest BCUT2D eigenvalue weighted by Crippen LogP contribution is -2.13. The lowest BCUT2D eigenvalue weighted by atomic mass is 10.1. The van der Waals surface area contributed by atoms with Crippen LogP contribution in [0.15, 0.2) is 65.1 Å². The molecule has 0 aliphatic heterocycles. The summed E-state index contributed by atoms with van der Waals surface area (Å²) in [6.07, 6.45) is 0. The van der Waals surface area contributed by atoms with Crippen LogP contribution in [0.5, 0.6) is 17.2 Å². The summed E-state index contributed by atoms with van der Waals surface area (Å²) < 4.78 is 17.9. The second-order valence-electron chi connectivity index (χ2n) is 6.74. The van der Waals surface area contributed by atoms with Gasteiger partial charge in [-0.15, -0.1) is 0 Å². The molecule has 0 fully saturated rings. The molecule has 5 heteroatoms. The van der Waals surface area contributed by atoms with E-state index in [1.165, 1.54) is 5.56 Å². The quantitative estimate of drug-likeness (QED) is 0.452. The van der Waals surface area contributed by atoms with E-state index in [0.717, 1.165) is 33.5 Å². The third kappa shape index (κ3) is 5.52. The number of ether oxygens (including phenoxy) is 3. The number of hydrogen-bond donors (Lipinski definition) is 1. The Labute approximate surface area is 180 Å². The normalized spacial score (nSPS) is 10.6. The minimum Gasteiger partial charge on any atom is -0.496 e. The first-order valence-electron chi connectivity index (χ1n) is 9.48. The van der Waals surface area contributed by atoms with Crippen molar-refractivity contribution in [1.29, 1.82) is 0 Å². The number of nitrogens with one attached hydrogen (secondary N) is 1. The van der Waals surface area contributed by atoms with E-state index < -0.39 is 0 Å². The fourth-order valence-corrected chi connectivity index (χ4v) is 3.73. The molecule has 0 saturated carbocycles. The summed E-state index contributed by atoms with van der Waals surface area (Å²) in [5.74, 6) is 2.31. The van der Waals surface area contributed by atoms with Gasteiger partial charge in [0.1, 0.15) is 12.4 Å². The Morgan fingerprint density at radius 1 is 0.828 bits per heavy atom. The largest absolute Gasteiger partial charge is 0.496 e. The predicted molar refractivity (Wildman–Crippen MR) is 120 cm³/mol. The SMILES string of the molecule is COc1ccccc1CNCc1cc(Br)c(OCc2ccccc2C)c(OC)c1. The highest BCUT2D eigenvalue weighted by Crippen LogP contribution is 2.37. The number of para-hydroxylation sites is 1. The molecule has 0 radical (unpaired) electrons. The van der Waals surface area contributed by atoms with Crippen molar-refractivity contribution in [3.63, 3.8) is 0 Å². The van der Waals surface area contributed by atoms with Crippen LogP contribution in [-0.4, -0.2) is 14.2 Å². The Hall–Kier alpha value is -2.50. The fraction of sp³-hybridized carbons (Fsp3) is 0.250. The minimum atomic E-state index is 0.493. The molecule has 0 atom stereocenters. The van der Waals surface area contributed by atoms with Crippen molar-refractivity contribution >= 4 is 15.9 Å². The molecular weight excluding hydrogens is 430 g/mol. The van der Waals surface area contributed by atoms with E-state index in [2.05, 4.69) is 52.4 Å². The molecule has 29 heavy (non-hydrogen) atoms. The van der Waals surface area contributed by atoms with Crippen molar-refractivity contribution in [2.45, 2.75) is 26.6 Å². The number of halogens is 1. The Morgan fingerprint density at radius 3 is 2.24 bits per heavy atom. The summed E-state index contributed by atoms with van der Waals surface area (Å²) in [6.45, 7) is 4.00. The highest BCUT2D eigenvalue weighted by molar-refractivity contribution is 9.10. The first-order chi connectivity index (χ1) is 14.1. The molecule has 0 aliphatic rings. The van der Waals surface area contributed by atoms with Crippen LogP contribution in [0, 0.1) is 6.92 Å². The molecule has 0 amide bonds. The maximum Gasteiger partial charge on any atom is 0.175 e. The van der Waals surface area contributed by atoms with E-state index >= 15 is 0 Å². The van der Waals surface area contributed by atoms with E-state index in [9.17, 15) is 0 Å². The van der Waals surface area contributed by atoms with Crippen molar-refractivity contribution in [2.24, 2.45) is 0 Å². The van der Waals surface area contributed by atoms with Crippen molar-refractivity contribution in [3.8, 4) is 17.2 Å². The molecule has 0 saturated heterocycles. The predicted octanol–water partition coefficient (Wildman–Crippen LogP) is 5.64. The molecule has 3 rings (SSSR count). The summed E-state index contributed by atoms with van der Waals surface area (Å²) >= 11 is 3.64. The van der Waals surface area contributed by atoms with Gasteiger partial charge < -0.3 is 19.5 Å². The molecule has 1 N–H and O–H groups in total. The van der Waals surface area contributed by atoms with Gasteiger partial charge in [0.2, 0.25) is 0 Å². The highest BCUT2D eigenvalue weighted by atomic mass is 79.9. The highest BCUT2D eigenvalue weighted by Gasteiger charge is 2.13. The molecule has 152 valence electrons. The monoisotopic (exact) mass is 455 g/mol. The molecule has 3 aromatic rings. The summed E-state index contributed by atoms with van der Waals surface area (Å²) in [7, 11) is 3.35. The van der Waals surface area contributed by atoms with Gasteiger partial charge in [0.05, 0.1) is 18.7 Å². The van der Waals surface area contributed by atoms with Gasteiger partial charge in [0.25, 0.3) is 0 Å². The minimum absolute atomic E-state index is 0.493. The van der Waals surface area contributed by atoms with E-state index in [1.54, 1.807) is 14.2 Å². The number of aryl methyl sites for hydroxylation is 1. The van der Waals surface area contributed by atoms with Gasteiger partial charge >= 0.3 is 0 Å². The first kappa shape index (κ1) is 21.2. The standard InChI is InChI=1S/C24H26BrNO3/c1-17-8-4-5-10-20(17)16-29-24-21(25)12-18(13-23(24)28-3)14-26-15-19-9-6-7-11-22(19)27-2/h4-13,26H,14-16H2,1-3H3. The third-order valence-corrected chi connectivity index (χ3v) is 5.35. The molecule has 0 aromatic heterocycles. The topological polar surface area (TPSA) is 39.7 Å². The Kier molecular flexibility index (Phi) is 7.55. The molecule has 0 spiro atoms. The van der Waals surface area contributed by atoms with Gasteiger partial charge in [-0.3, -0.25) is 0 Å². The van der Waals surface area contributed by atoms with Gasteiger partial charge in [-0.2, -0.15) is 0 Å². The zero-order valence-corrected chi connectivity index (χ0v) is 18.6. The zero-order valence-electron chi connectivity index (χ0n) is 17.0. The number of benzene rings is 3. The van der Waals surface area contributed by atoms with Gasteiger partial charge in [-0.25, -0.2) is 0 Å². The van der Waals surface area contributed by atoms with E-state index in [1.807, 2.05) is 36.4 Å². The average molecular weight is 456 g/mol. The Bertz CT molecular complexity index is 959. The van der Waals surface area contributed by atoms with Crippen molar-refractivity contribution in [1.82, 2.24) is 5.32 Å². The van der Waals surface area contributed by atoms with Crippen molar-refractivity contribution in [2.75, 3.05) is 14.2 Å². The van der Waals surface area contributed by atoms with Gasteiger partial charge in [0, 0.05) is 18.7 Å². The maximum atomic E-state index is 6.08. The van der Waals surface area contributed by atoms with Crippen molar-refractivity contribution in [3.05, 3.63) is 87.4 Å². The molecule has 4 nitrogen and oxygen atoms in total. The fourth-order valence-electron chi connectivity index (χ4n) is 3.13. The average Bonchev–Trinajstić information content (AvgIpc) is 2.74. The summed E-state index contributed by atoms with van der Waals surface area (Å²) in [5, 5.41) is 3.46. The molecular formula is C24H26BrNO3. The second kappa shape index (κ2) is 10.3. The number of rotatable bonds is 9. The number of methoxy groups -OCH3 is 2. The van der Waals surface area contributed by atoms with Crippen LogP contribution in [0.25, 0.3) is 0 Å². The molecule has 0 heterocycles. The lowest BCUT2D eigenvalue weighted by molar-refractivity contribution is 0.281. The van der Waals surface area contributed by atoms with Crippen molar-refractivity contribution < 1.29 is 14.2 Å². The summed E-state index contributed by atoms with van der Waals surface area (Å²) in [4.78, 5) is 0. The van der Waals surface area contributed by atoms with E-state index in [4.69, 9.17) is 14.2 Å². The molecule has 0 bridgehead atoms. The van der Waals surface area contributed by atoms with Gasteiger partial charge in [-0.05, 0) is 57.7 Å². The molecule has 3 aromatic carbocycles.